The summed E-state index contributed by atoms with van der Waals surface area (Å²) in [6, 6.07) is 1.41. The largest absolute Gasteiger partial charge is 0.466 e. The van der Waals surface area contributed by atoms with E-state index in [-0.39, 0.29) is 19.8 Å². The Morgan fingerprint density at radius 3 is 2.18 bits per heavy atom. The summed E-state index contributed by atoms with van der Waals surface area (Å²) in [5.74, 6) is -4.90. The van der Waals surface area contributed by atoms with Gasteiger partial charge in [-0.3, -0.25) is 19.5 Å². The van der Waals surface area contributed by atoms with Crippen LogP contribution >= 0.6 is 7.60 Å². The maximum atomic E-state index is 13.3. The van der Waals surface area contributed by atoms with Gasteiger partial charge in [0.1, 0.15) is 17.3 Å². The zero-order chi connectivity index (χ0) is 21.5. The first-order valence-electron chi connectivity index (χ1n) is 8.34. The lowest BCUT2D eigenvalue weighted by atomic mass is 10.0. The van der Waals surface area contributed by atoms with E-state index in [9.17, 15) is 32.6 Å². The molecule has 9 nitrogen and oxygen atoms in total. The zero-order valence-corrected chi connectivity index (χ0v) is 16.3. The van der Waals surface area contributed by atoms with E-state index in [1.807, 2.05) is 0 Å². The van der Waals surface area contributed by atoms with E-state index >= 15 is 0 Å². The highest BCUT2D eigenvalue weighted by Gasteiger charge is 2.51. The summed E-state index contributed by atoms with van der Waals surface area (Å²) < 4.78 is 71.9. The third kappa shape index (κ3) is 6.05. The van der Waals surface area contributed by atoms with E-state index < -0.39 is 54.3 Å². The number of ether oxygens (including phenoxy) is 1. The van der Waals surface area contributed by atoms with Crippen LogP contribution in [0.25, 0.3) is 0 Å². The number of nitrogens with zero attached hydrogens (tertiary/aromatic N) is 1. The minimum Gasteiger partial charge on any atom is -0.466 e. The highest BCUT2D eigenvalue weighted by molar-refractivity contribution is 7.54. The van der Waals surface area contributed by atoms with Crippen LogP contribution in [0.4, 0.5) is 13.2 Å². The van der Waals surface area contributed by atoms with Crippen molar-refractivity contribution >= 4 is 13.6 Å². The van der Waals surface area contributed by atoms with Crippen LogP contribution in [0.5, 0.6) is 0 Å². The Morgan fingerprint density at radius 1 is 1.21 bits per heavy atom. The molecular weight excluding hydrogens is 410 g/mol. The van der Waals surface area contributed by atoms with Crippen LogP contribution in [0.3, 0.4) is 0 Å². The summed E-state index contributed by atoms with van der Waals surface area (Å²) in [6.07, 6.45) is -4.85. The molecule has 0 aromatic carbocycles. The molecule has 0 aliphatic rings. The molecule has 1 rings (SSSR count). The van der Waals surface area contributed by atoms with Crippen LogP contribution < -0.4 is 0 Å². The smallest absolute Gasteiger partial charge is 0.449 e. The van der Waals surface area contributed by atoms with Gasteiger partial charge in [-0.05, 0) is 32.9 Å². The third-order valence-electron chi connectivity index (χ3n) is 3.47. The quantitative estimate of drug-likeness (QED) is 0.223. The predicted octanol–water partition coefficient (Wildman–Crippen LogP) is 4.06. The van der Waals surface area contributed by atoms with E-state index in [2.05, 4.69) is 0 Å². The average molecular weight is 431 g/mol. The van der Waals surface area contributed by atoms with Crippen molar-refractivity contribution in [3.63, 3.8) is 0 Å². The lowest BCUT2D eigenvalue weighted by molar-refractivity contribution is -0.486. The Labute approximate surface area is 158 Å². The van der Waals surface area contributed by atoms with Gasteiger partial charge >= 0.3 is 19.7 Å². The number of hydrogen-bond donors (Lipinski definition) is 0. The molecule has 0 N–H and O–H groups in total. The van der Waals surface area contributed by atoms with E-state index in [4.69, 9.17) is 18.2 Å². The normalized spacial score (nSPS) is 14.5. The summed E-state index contributed by atoms with van der Waals surface area (Å²) in [4.78, 5) is 22.5. The first-order chi connectivity index (χ1) is 13.0. The van der Waals surface area contributed by atoms with Crippen molar-refractivity contribution in [3.8, 4) is 0 Å². The van der Waals surface area contributed by atoms with Crippen molar-refractivity contribution in [2.75, 3.05) is 26.4 Å². The number of rotatable bonds is 11. The topological polar surface area (TPSA) is 118 Å². The minimum absolute atomic E-state index is 0.153. The Balaban J connectivity index is 3.59. The van der Waals surface area contributed by atoms with Gasteiger partial charge in [-0.2, -0.15) is 13.2 Å². The number of esters is 1. The second kappa shape index (κ2) is 10.0. The van der Waals surface area contributed by atoms with Gasteiger partial charge in [0.25, 0.3) is 0 Å². The Bertz CT molecular complexity index is 710. The van der Waals surface area contributed by atoms with Crippen LogP contribution in [0.15, 0.2) is 16.5 Å². The Kier molecular flexibility index (Phi) is 8.65. The SMILES string of the molecule is CCOC(=O)C(C[N+](=O)[O-])C(c1ccc(C(F)(F)F)o1)P(=O)(OCC)OCC. The van der Waals surface area contributed by atoms with Crippen LogP contribution in [-0.4, -0.2) is 37.3 Å². The molecule has 0 saturated carbocycles. The highest BCUT2D eigenvalue weighted by Crippen LogP contribution is 2.64. The van der Waals surface area contributed by atoms with Crippen LogP contribution in [0.1, 0.15) is 38.0 Å². The van der Waals surface area contributed by atoms with E-state index in [0.29, 0.717) is 6.07 Å². The number of nitro groups is 1. The molecule has 28 heavy (non-hydrogen) atoms. The molecule has 2 unspecified atom stereocenters. The molecular formula is C15H21F3NO8P. The van der Waals surface area contributed by atoms with Gasteiger partial charge in [-0.1, -0.05) is 0 Å². The number of hydrogen-bond acceptors (Lipinski definition) is 8. The first kappa shape index (κ1) is 24.1. The standard InChI is InChI=1S/C15H21F3NO8P/c1-4-24-14(20)10(9-19(21)22)13(28(23,25-5-2)26-6-3)11-7-8-12(27-11)15(16,17)18/h7-8,10,13H,4-6,9H2,1-3H3. The molecule has 0 aliphatic heterocycles. The number of carbonyl (C=O) groups is 1. The molecule has 1 aromatic rings. The van der Waals surface area contributed by atoms with Crippen molar-refractivity contribution < 1.29 is 45.7 Å². The fourth-order valence-electron chi connectivity index (χ4n) is 2.51. The summed E-state index contributed by atoms with van der Waals surface area (Å²) in [5, 5.41) is 11.1. The number of alkyl halides is 3. The molecule has 2 atom stereocenters. The number of halogens is 3. The second-order valence-electron chi connectivity index (χ2n) is 5.39. The van der Waals surface area contributed by atoms with Crippen molar-refractivity contribution in [1.82, 2.24) is 0 Å². The molecule has 0 radical (unpaired) electrons. The highest BCUT2D eigenvalue weighted by atomic mass is 31.2. The van der Waals surface area contributed by atoms with Gasteiger partial charge in [0, 0.05) is 4.92 Å². The van der Waals surface area contributed by atoms with Crippen molar-refractivity contribution in [3.05, 3.63) is 33.8 Å². The number of carbonyl (C=O) groups excluding carboxylic acids is 1. The maximum absolute atomic E-state index is 13.3. The summed E-state index contributed by atoms with van der Waals surface area (Å²) >= 11 is 0. The van der Waals surface area contributed by atoms with Gasteiger partial charge in [0.2, 0.25) is 12.3 Å². The zero-order valence-electron chi connectivity index (χ0n) is 15.4. The number of furan rings is 1. The summed E-state index contributed by atoms with van der Waals surface area (Å²) in [5.41, 5.74) is -1.80. The van der Waals surface area contributed by atoms with Gasteiger partial charge in [0.05, 0.1) is 19.8 Å². The molecule has 160 valence electrons. The molecule has 0 bridgehead atoms. The van der Waals surface area contributed by atoms with Crippen LogP contribution in [-0.2, 0) is 29.3 Å². The lowest BCUT2D eigenvalue weighted by Crippen LogP contribution is -2.32. The van der Waals surface area contributed by atoms with Crippen LogP contribution in [0, 0.1) is 16.0 Å². The molecule has 0 amide bonds. The molecule has 13 heteroatoms. The molecule has 1 heterocycles. The average Bonchev–Trinajstić information content (AvgIpc) is 3.04. The predicted molar refractivity (Wildman–Crippen MR) is 89.3 cm³/mol. The molecule has 0 saturated heterocycles. The fourth-order valence-corrected chi connectivity index (χ4v) is 4.73. The van der Waals surface area contributed by atoms with Crippen molar-refractivity contribution in [2.24, 2.45) is 5.92 Å². The fraction of sp³-hybridized carbons (Fsp3) is 0.667. The van der Waals surface area contributed by atoms with E-state index in [1.165, 1.54) is 20.8 Å². The maximum Gasteiger partial charge on any atom is 0.449 e. The lowest BCUT2D eigenvalue weighted by Gasteiger charge is -2.28. The Hall–Kier alpha value is -1.91. The molecule has 1 aromatic heterocycles. The molecule has 0 aliphatic carbocycles. The molecule has 0 spiro atoms. The van der Waals surface area contributed by atoms with Gasteiger partial charge < -0.3 is 18.2 Å². The summed E-state index contributed by atoms with van der Waals surface area (Å²) in [7, 11) is -4.35. The van der Waals surface area contributed by atoms with E-state index in [0.717, 1.165) is 6.07 Å². The van der Waals surface area contributed by atoms with Gasteiger partial charge in [-0.15, -0.1) is 0 Å². The summed E-state index contributed by atoms with van der Waals surface area (Å²) in [6.45, 7) is 2.73. The third-order valence-corrected chi connectivity index (χ3v) is 6.00. The monoisotopic (exact) mass is 431 g/mol. The van der Waals surface area contributed by atoms with E-state index in [1.54, 1.807) is 0 Å². The van der Waals surface area contributed by atoms with Gasteiger partial charge in [0.15, 0.2) is 0 Å². The van der Waals surface area contributed by atoms with Gasteiger partial charge in [-0.25, -0.2) is 0 Å². The Morgan fingerprint density at radius 2 is 1.79 bits per heavy atom. The molecule has 0 fully saturated rings. The second-order valence-corrected chi connectivity index (χ2v) is 7.55. The first-order valence-corrected chi connectivity index (χ1v) is 9.95. The van der Waals surface area contributed by atoms with Crippen molar-refractivity contribution in [1.29, 1.82) is 0 Å². The van der Waals surface area contributed by atoms with Crippen molar-refractivity contribution in [2.45, 2.75) is 32.6 Å². The van der Waals surface area contributed by atoms with Crippen LogP contribution in [0.2, 0.25) is 0 Å². The minimum atomic E-state index is -4.85.